The van der Waals surface area contributed by atoms with Crippen LogP contribution in [0, 0.1) is 22.9 Å². The van der Waals surface area contributed by atoms with E-state index in [1.807, 2.05) is 19.1 Å². The lowest BCUT2D eigenvalue weighted by Gasteiger charge is -2.34. The number of fused-ring (bicyclic) bond motifs is 2. The van der Waals surface area contributed by atoms with Gasteiger partial charge in [-0.15, -0.1) is 0 Å². The minimum Gasteiger partial charge on any atom is -0.436 e. The van der Waals surface area contributed by atoms with Crippen LogP contribution in [0.3, 0.4) is 0 Å². The number of hydrogen-bond acceptors (Lipinski definition) is 6. The number of hydrogen-bond donors (Lipinski definition) is 0. The summed E-state index contributed by atoms with van der Waals surface area (Å²) in [7, 11) is 0. The molecule has 9 heteroatoms. The van der Waals surface area contributed by atoms with E-state index in [2.05, 4.69) is 16.0 Å². The predicted octanol–water partition coefficient (Wildman–Crippen LogP) is 3.51. The first-order chi connectivity index (χ1) is 14.8. The van der Waals surface area contributed by atoms with E-state index < -0.39 is 10.5 Å². The maximum absolute atomic E-state index is 13.6. The molecule has 5 rings (SSSR count). The van der Waals surface area contributed by atoms with Crippen LogP contribution in [-0.2, 0) is 19.5 Å². The van der Waals surface area contributed by atoms with E-state index in [0.29, 0.717) is 24.7 Å². The molecule has 3 aromatic rings. The average molecular weight is 423 g/mol. The van der Waals surface area contributed by atoms with Gasteiger partial charge in [-0.2, -0.15) is 0 Å². The van der Waals surface area contributed by atoms with E-state index >= 15 is 0 Å². The quantitative estimate of drug-likeness (QED) is 0.472. The molecule has 0 saturated carbocycles. The highest BCUT2D eigenvalue weighted by Gasteiger charge is 2.41. The Bertz CT molecular complexity index is 1170. The summed E-state index contributed by atoms with van der Waals surface area (Å²) in [5.74, 6) is -0.404. The van der Waals surface area contributed by atoms with Crippen LogP contribution < -0.4 is 4.74 Å². The fraction of sp³-hybridized carbons (Fsp3) is 0.364. The van der Waals surface area contributed by atoms with Gasteiger partial charge in [-0.1, -0.05) is 6.07 Å². The second-order valence-electron chi connectivity index (χ2n) is 8.55. The topological polar surface area (TPSA) is 86.3 Å². The number of aromatic nitrogens is 3. The summed E-state index contributed by atoms with van der Waals surface area (Å²) in [6.07, 6.45) is 2.24. The summed E-state index contributed by atoms with van der Waals surface area (Å²) in [4.78, 5) is 21.5. The van der Waals surface area contributed by atoms with Crippen molar-refractivity contribution in [3.63, 3.8) is 0 Å². The van der Waals surface area contributed by atoms with E-state index in [1.165, 1.54) is 17.8 Å². The van der Waals surface area contributed by atoms with Crippen molar-refractivity contribution in [2.24, 2.45) is 0 Å². The first kappa shape index (κ1) is 19.6. The molecule has 1 unspecified atom stereocenters. The zero-order valence-electron chi connectivity index (χ0n) is 17.3. The molecular weight excluding hydrogens is 401 g/mol. The molecule has 0 spiro atoms. The van der Waals surface area contributed by atoms with Crippen LogP contribution >= 0.6 is 0 Å². The lowest BCUT2D eigenvalue weighted by atomic mass is 10.00. The first-order valence-electron chi connectivity index (χ1n) is 10.2. The molecule has 4 heterocycles. The normalized spacial score (nSPS) is 20.2. The number of nitro groups is 1. The van der Waals surface area contributed by atoms with Crippen molar-refractivity contribution in [3.05, 3.63) is 69.3 Å². The van der Waals surface area contributed by atoms with Gasteiger partial charge < -0.3 is 14.9 Å². The summed E-state index contributed by atoms with van der Waals surface area (Å²) in [5, 5.41) is 10.9. The third-order valence-electron chi connectivity index (χ3n) is 5.90. The molecule has 0 radical (unpaired) electrons. The molecule has 1 atom stereocenters. The highest BCUT2D eigenvalue weighted by molar-refractivity contribution is 5.60. The van der Waals surface area contributed by atoms with Crippen LogP contribution in [0.2, 0.25) is 0 Å². The van der Waals surface area contributed by atoms with Gasteiger partial charge in [-0.25, -0.2) is 4.39 Å². The van der Waals surface area contributed by atoms with Crippen molar-refractivity contribution >= 4 is 5.82 Å². The van der Waals surface area contributed by atoms with Crippen molar-refractivity contribution in [1.29, 1.82) is 0 Å². The Balaban J connectivity index is 1.28. The molecule has 8 nitrogen and oxygen atoms in total. The molecule has 0 fully saturated rings. The van der Waals surface area contributed by atoms with Gasteiger partial charge in [0.2, 0.25) is 0 Å². The number of imidazole rings is 1. The minimum atomic E-state index is -0.512. The second kappa shape index (κ2) is 7.12. The van der Waals surface area contributed by atoms with E-state index in [-0.39, 0.29) is 11.6 Å². The Hall–Kier alpha value is -3.33. The molecular formula is C22H22FN5O3. The highest BCUT2D eigenvalue weighted by atomic mass is 19.1. The van der Waals surface area contributed by atoms with Crippen molar-refractivity contribution in [2.75, 3.05) is 13.1 Å². The average Bonchev–Trinajstić information content (AvgIpc) is 3.24. The van der Waals surface area contributed by atoms with Gasteiger partial charge in [0.15, 0.2) is 0 Å². The van der Waals surface area contributed by atoms with Crippen molar-refractivity contribution in [2.45, 2.75) is 39.0 Å². The van der Waals surface area contributed by atoms with Crippen LogP contribution in [0.1, 0.15) is 23.7 Å². The van der Waals surface area contributed by atoms with Crippen molar-refractivity contribution in [1.82, 2.24) is 19.4 Å². The number of nitrogens with zero attached hydrogens (tertiary/aromatic N) is 5. The van der Waals surface area contributed by atoms with Gasteiger partial charge in [0.25, 0.3) is 0 Å². The predicted molar refractivity (Wildman–Crippen MR) is 111 cm³/mol. The van der Waals surface area contributed by atoms with Crippen molar-refractivity contribution in [3.8, 4) is 17.3 Å². The molecule has 0 bridgehead atoms. The van der Waals surface area contributed by atoms with Gasteiger partial charge >= 0.3 is 11.8 Å². The van der Waals surface area contributed by atoms with Crippen LogP contribution in [0.25, 0.3) is 11.3 Å². The fourth-order valence-electron chi connectivity index (χ4n) is 4.41. The number of pyridine rings is 1. The summed E-state index contributed by atoms with van der Waals surface area (Å²) < 4.78 is 21.3. The Kier molecular flexibility index (Phi) is 4.51. The Labute approximate surface area is 178 Å². The van der Waals surface area contributed by atoms with Crippen LogP contribution in [-0.4, -0.2) is 43.0 Å². The lowest BCUT2D eigenvalue weighted by Crippen LogP contribution is -2.46. The lowest BCUT2D eigenvalue weighted by molar-refractivity contribution is -0.389. The zero-order valence-corrected chi connectivity index (χ0v) is 17.3. The molecule has 1 aromatic carbocycles. The maximum Gasteiger partial charge on any atom is 0.415 e. The van der Waals surface area contributed by atoms with Crippen LogP contribution in [0.15, 0.2) is 36.5 Å². The van der Waals surface area contributed by atoms with Gasteiger partial charge in [0, 0.05) is 42.3 Å². The standard InChI is InChI=1S/C22H22FN5O3/c1-14-9-15(3-5-17(14)23)18-6-4-16-10-26(8-7-19(16)24-18)12-22(2)13-27-11-20(28(29)30)25-21(27)31-22/h3-6,9,11H,7-8,10,12-13H2,1-2H3. The van der Waals surface area contributed by atoms with E-state index in [9.17, 15) is 14.5 Å². The Morgan fingerprint density at radius 2 is 2.13 bits per heavy atom. The number of ether oxygens (including phenoxy) is 1. The van der Waals surface area contributed by atoms with Gasteiger partial charge in [0.05, 0.1) is 12.2 Å². The van der Waals surface area contributed by atoms with E-state index in [4.69, 9.17) is 9.72 Å². The largest absolute Gasteiger partial charge is 0.436 e. The number of rotatable bonds is 4. The molecule has 2 aliphatic rings. The van der Waals surface area contributed by atoms with Crippen molar-refractivity contribution < 1.29 is 14.1 Å². The van der Waals surface area contributed by atoms with E-state index in [0.717, 1.165) is 36.5 Å². The molecule has 31 heavy (non-hydrogen) atoms. The molecule has 2 aromatic heterocycles. The number of benzene rings is 1. The van der Waals surface area contributed by atoms with Gasteiger partial charge in [-0.05, 0) is 54.2 Å². The minimum absolute atomic E-state index is 0.192. The SMILES string of the molecule is Cc1cc(-c2ccc3c(n2)CCN(CC2(C)Cn4cc([N+](=O)[O-])nc4O2)C3)ccc1F. The fourth-order valence-corrected chi connectivity index (χ4v) is 4.41. The maximum atomic E-state index is 13.6. The summed E-state index contributed by atoms with van der Waals surface area (Å²) in [5.41, 5.74) is 4.13. The summed E-state index contributed by atoms with van der Waals surface area (Å²) >= 11 is 0. The van der Waals surface area contributed by atoms with Gasteiger partial charge in [-0.3, -0.25) is 14.5 Å². The van der Waals surface area contributed by atoms with Crippen LogP contribution in [0.4, 0.5) is 10.2 Å². The Morgan fingerprint density at radius 1 is 1.29 bits per heavy atom. The molecule has 0 N–H and O–H groups in total. The third kappa shape index (κ3) is 3.65. The Morgan fingerprint density at radius 3 is 2.87 bits per heavy atom. The number of aryl methyl sites for hydroxylation is 1. The molecule has 0 aliphatic carbocycles. The smallest absolute Gasteiger partial charge is 0.415 e. The molecule has 0 saturated heterocycles. The third-order valence-corrected chi connectivity index (χ3v) is 5.90. The second-order valence-corrected chi connectivity index (χ2v) is 8.55. The van der Waals surface area contributed by atoms with Crippen LogP contribution in [0.5, 0.6) is 6.01 Å². The molecule has 2 aliphatic heterocycles. The highest BCUT2D eigenvalue weighted by Crippen LogP contribution is 2.33. The van der Waals surface area contributed by atoms with E-state index in [1.54, 1.807) is 17.6 Å². The molecule has 160 valence electrons. The van der Waals surface area contributed by atoms with Gasteiger partial charge in [0.1, 0.15) is 17.6 Å². The summed E-state index contributed by atoms with van der Waals surface area (Å²) in [6, 6.07) is 9.44. The molecule has 0 amide bonds. The first-order valence-corrected chi connectivity index (χ1v) is 10.2. The summed E-state index contributed by atoms with van der Waals surface area (Å²) in [6.45, 7) is 6.56. The number of halogens is 1. The zero-order chi connectivity index (χ0) is 21.8. The monoisotopic (exact) mass is 423 g/mol.